The van der Waals surface area contributed by atoms with Crippen LogP contribution in [0.1, 0.15) is 16.8 Å². The Morgan fingerprint density at radius 2 is 1.81 bits per heavy atom. The lowest BCUT2D eigenvalue weighted by Crippen LogP contribution is -2.42. The quantitative estimate of drug-likeness (QED) is 0.548. The zero-order chi connectivity index (χ0) is 20.0. The number of hydrogen-bond acceptors (Lipinski definition) is 6. The van der Waals surface area contributed by atoms with Gasteiger partial charge in [-0.25, -0.2) is 13.2 Å². The van der Waals surface area contributed by atoms with E-state index in [0.29, 0.717) is 16.8 Å². The number of rotatable bonds is 7. The Kier molecular flexibility index (Phi) is 6.57. The topological polar surface area (TPSA) is 116 Å². The first-order chi connectivity index (χ1) is 12.7. The van der Waals surface area contributed by atoms with Crippen LogP contribution in [0.15, 0.2) is 48.5 Å². The van der Waals surface area contributed by atoms with Crippen molar-refractivity contribution in [3.05, 3.63) is 54.1 Å². The first-order valence-corrected chi connectivity index (χ1v) is 10.3. The van der Waals surface area contributed by atoms with E-state index in [4.69, 9.17) is 5.73 Å². The van der Waals surface area contributed by atoms with Crippen LogP contribution in [0.3, 0.4) is 0 Å². The van der Waals surface area contributed by atoms with Crippen LogP contribution in [0.2, 0.25) is 0 Å². The molecular weight excluding hydrogens is 368 g/mol. The molecule has 0 saturated heterocycles. The second kappa shape index (κ2) is 8.68. The Morgan fingerprint density at radius 1 is 1.15 bits per heavy atom. The predicted molar refractivity (Wildman–Crippen MR) is 104 cm³/mol. The number of carbonyl (C=O) groups excluding carboxylic acids is 2. The van der Waals surface area contributed by atoms with E-state index in [1.54, 1.807) is 18.2 Å². The maximum absolute atomic E-state index is 12.8. The molecule has 0 spiro atoms. The summed E-state index contributed by atoms with van der Waals surface area (Å²) in [5.41, 5.74) is 8.08. The fourth-order valence-electron chi connectivity index (χ4n) is 2.58. The summed E-state index contributed by atoms with van der Waals surface area (Å²) in [7, 11) is -2.11. The Bertz CT molecular complexity index is 926. The third kappa shape index (κ3) is 5.82. The average molecular weight is 390 g/mol. The van der Waals surface area contributed by atoms with Crippen molar-refractivity contribution >= 4 is 27.4 Å². The Balaban J connectivity index is 2.31. The van der Waals surface area contributed by atoms with Gasteiger partial charge in [0.25, 0.3) is 5.91 Å². The van der Waals surface area contributed by atoms with Gasteiger partial charge in [-0.1, -0.05) is 30.3 Å². The van der Waals surface area contributed by atoms with Crippen LogP contribution in [0.4, 0.5) is 5.69 Å². The van der Waals surface area contributed by atoms with Gasteiger partial charge in [0, 0.05) is 17.5 Å². The van der Waals surface area contributed by atoms with Crippen LogP contribution in [0.5, 0.6) is 0 Å². The summed E-state index contributed by atoms with van der Waals surface area (Å²) in [5.74, 6) is -1.47. The normalized spacial score (nSPS) is 12.2. The van der Waals surface area contributed by atoms with Gasteiger partial charge in [0.2, 0.25) is 0 Å². The van der Waals surface area contributed by atoms with Crippen LogP contribution >= 0.6 is 0 Å². The lowest BCUT2D eigenvalue weighted by molar-refractivity contribution is -0.142. The van der Waals surface area contributed by atoms with Gasteiger partial charge in [-0.15, -0.1) is 0 Å². The maximum atomic E-state index is 12.8. The summed E-state index contributed by atoms with van der Waals surface area (Å²) in [5, 5.41) is 2.57. The van der Waals surface area contributed by atoms with Gasteiger partial charge in [-0.3, -0.25) is 4.79 Å². The summed E-state index contributed by atoms with van der Waals surface area (Å²) in [6, 6.07) is 13.0. The number of nitrogens with two attached hydrogens (primary N) is 1. The van der Waals surface area contributed by atoms with Crippen molar-refractivity contribution < 1.29 is 22.7 Å². The van der Waals surface area contributed by atoms with Gasteiger partial charge >= 0.3 is 5.97 Å². The molecular formula is C19H22N2O5S. The number of methoxy groups -OCH3 is 1. The number of amides is 1. The number of hydrogen-bond donors (Lipinski definition) is 2. The molecule has 0 fully saturated rings. The molecule has 0 bridgehead atoms. The molecule has 0 aliphatic rings. The summed E-state index contributed by atoms with van der Waals surface area (Å²) >= 11 is 0. The molecule has 7 nitrogen and oxygen atoms in total. The maximum Gasteiger partial charge on any atom is 0.328 e. The number of nitrogens with one attached hydrogen (secondary N) is 1. The van der Waals surface area contributed by atoms with Crippen LogP contribution in [-0.4, -0.2) is 45.5 Å². The molecule has 27 heavy (non-hydrogen) atoms. The third-order valence-electron chi connectivity index (χ3n) is 3.94. The van der Waals surface area contributed by atoms with Gasteiger partial charge in [0.1, 0.15) is 15.9 Å². The van der Waals surface area contributed by atoms with E-state index < -0.39 is 27.8 Å². The Morgan fingerprint density at radius 3 is 2.41 bits per heavy atom. The lowest BCUT2D eigenvalue weighted by Gasteiger charge is -2.18. The fourth-order valence-corrected chi connectivity index (χ4v) is 3.24. The van der Waals surface area contributed by atoms with Gasteiger partial charge in [0.15, 0.2) is 0 Å². The lowest BCUT2D eigenvalue weighted by atomic mass is 9.98. The molecule has 3 N–H and O–H groups in total. The molecule has 0 heterocycles. The second-order valence-corrected chi connectivity index (χ2v) is 8.40. The number of esters is 1. The zero-order valence-electron chi connectivity index (χ0n) is 15.1. The number of sulfone groups is 1. The van der Waals surface area contributed by atoms with Crippen LogP contribution in [0, 0.1) is 0 Å². The highest BCUT2D eigenvalue weighted by Crippen LogP contribution is 2.26. The van der Waals surface area contributed by atoms with E-state index in [1.165, 1.54) is 7.11 Å². The molecule has 0 radical (unpaired) electrons. The first-order valence-electron chi connectivity index (χ1n) is 8.22. The van der Waals surface area contributed by atoms with Crippen molar-refractivity contribution in [3.63, 3.8) is 0 Å². The van der Waals surface area contributed by atoms with E-state index in [-0.39, 0.29) is 12.2 Å². The summed E-state index contributed by atoms with van der Waals surface area (Å²) in [4.78, 5) is 24.7. The summed E-state index contributed by atoms with van der Waals surface area (Å²) in [6.45, 7) is 0. The average Bonchev–Trinajstić information content (AvgIpc) is 2.64. The first kappa shape index (κ1) is 20.4. The van der Waals surface area contributed by atoms with Gasteiger partial charge in [-0.2, -0.15) is 0 Å². The smallest absolute Gasteiger partial charge is 0.328 e. The fraction of sp³-hybridized carbons (Fsp3) is 0.263. The molecule has 2 rings (SSSR count). The van der Waals surface area contributed by atoms with Crippen molar-refractivity contribution in [1.29, 1.82) is 0 Å². The summed E-state index contributed by atoms with van der Waals surface area (Å²) in [6.07, 6.45) is 0.990. The largest absolute Gasteiger partial charge is 0.467 e. The number of ether oxygens (including phenoxy) is 1. The molecule has 0 saturated carbocycles. The van der Waals surface area contributed by atoms with Crippen molar-refractivity contribution in [1.82, 2.24) is 5.32 Å². The van der Waals surface area contributed by atoms with E-state index in [9.17, 15) is 18.0 Å². The molecule has 0 aliphatic carbocycles. The SMILES string of the molecule is COC(=O)[C@H](CCS(C)(=O)=O)NC(=O)c1ccc(N)cc1-c1ccccc1. The number of benzene rings is 2. The van der Waals surface area contributed by atoms with Crippen molar-refractivity contribution in [2.24, 2.45) is 0 Å². The molecule has 0 unspecified atom stereocenters. The Hall–Kier alpha value is -2.87. The van der Waals surface area contributed by atoms with Gasteiger partial charge in [0.05, 0.1) is 12.9 Å². The number of carbonyl (C=O) groups is 2. The van der Waals surface area contributed by atoms with E-state index in [1.807, 2.05) is 30.3 Å². The minimum atomic E-state index is -3.29. The highest BCUT2D eigenvalue weighted by Gasteiger charge is 2.25. The molecule has 2 aromatic carbocycles. The van der Waals surface area contributed by atoms with Crippen molar-refractivity contribution in [3.8, 4) is 11.1 Å². The second-order valence-electron chi connectivity index (χ2n) is 6.14. The highest BCUT2D eigenvalue weighted by molar-refractivity contribution is 7.90. The summed E-state index contributed by atoms with van der Waals surface area (Å²) < 4.78 is 27.5. The van der Waals surface area contributed by atoms with Crippen LogP contribution < -0.4 is 11.1 Å². The van der Waals surface area contributed by atoms with Gasteiger partial charge < -0.3 is 15.8 Å². The minimum absolute atomic E-state index is 0.0765. The van der Waals surface area contributed by atoms with Crippen LogP contribution in [0.25, 0.3) is 11.1 Å². The number of anilines is 1. The Labute approximate surface area is 158 Å². The molecule has 2 aromatic rings. The van der Waals surface area contributed by atoms with Crippen LogP contribution in [-0.2, 0) is 19.4 Å². The molecule has 144 valence electrons. The zero-order valence-corrected chi connectivity index (χ0v) is 16.0. The molecule has 0 aromatic heterocycles. The monoisotopic (exact) mass is 390 g/mol. The van der Waals surface area contributed by atoms with E-state index in [0.717, 1.165) is 11.8 Å². The van der Waals surface area contributed by atoms with Crippen molar-refractivity contribution in [2.75, 3.05) is 24.9 Å². The predicted octanol–water partition coefficient (Wildman–Crippen LogP) is 1.64. The molecule has 1 atom stereocenters. The minimum Gasteiger partial charge on any atom is -0.467 e. The standard InChI is InChI=1S/C19H22N2O5S/c1-26-19(23)17(10-11-27(2,24)25)21-18(22)15-9-8-14(20)12-16(15)13-6-4-3-5-7-13/h3-9,12,17H,10-11,20H2,1-2H3,(H,21,22)/t17-/m0/s1. The molecule has 1 amide bonds. The molecule has 8 heteroatoms. The van der Waals surface area contributed by atoms with E-state index >= 15 is 0 Å². The highest BCUT2D eigenvalue weighted by atomic mass is 32.2. The number of nitrogen functional groups attached to an aromatic ring is 1. The van der Waals surface area contributed by atoms with Crippen molar-refractivity contribution in [2.45, 2.75) is 12.5 Å². The van der Waals surface area contributed by atoms with E-state index in [2.05, 4.69) is 10.1 Å². The van der Waals surface area contributed by atoms with Gasteiger partial charge in [-0.05, 0) is 35.7 Å². The molecule has 0 aliphatic heterocycles. The third-order valence-corrected chi connectivity index (χ3v) is 4.92.